The van der Waals surface area contributed by atoms with E-state index in [1.54, 1.807) is 0 Å². The van der Waals surface area contributed by atoms with Gasteiger partial charge < -0.3 is 15.4 Å². The smallest absolute Gasteiger partial charge is 0.407 e. The van der Waals surface area contributed by atoms with E-state index in [1.807, 2.05) is 27.7 Å². The standard InChI is InChI=1S/C16H32N2O2/c1-6-13-7-8-14(11-13)17-10-9-12(2)18-15(19)20-16(3,4)5/h12-14,17H,6-11H2,1-5H3,(H,18,19). The molecule has 0 spiro atoms. The van der Waals surface area contributed by atoms with Gasteiger partial charge in [0.2, 0.25) is 0 Å². The lowest BCUT2D eigenvalue weighted by molar-refractivity contribution is 0.0506. The number of amides is 1. The third-order valence-corrected chi connectivity index (χ3v) is 3.89. The molecule has 1 fully saturated rings. The van der Waals surface area contributed by atoms with Crippen molar-refractivity contribution >= 4 is 6.09 Å². The van der Waals surface area contributed by atoms with Crippen LogP contribution in [-0.2, 0) is 4.74 Å². The Morgan fingerprint density at radius 1 is 1.35 bits per heavy atom. The molecule has 1 amide bonds. The normalized spacial score (nSPS) is 24.4. The average molecular weight is 284 g/mol. The Morgan fingerprint density at radius 3 is 2.60 bits per heavy atom. The molecule has 118 valence electrons. The number of alkyl carbamates (subject to hydrolysis) is 1. The van der Waals surface area contributed by atoms with Crippen LogP contribution < -0.4 is 10.6 Å². The Hall–Kier alpha value is -0.770. The van der Waals surface area contributed by atoms with Crippen molar-refractivity contribution in [3.05, 3.63) is 0 Å². The number of carbonyl (C=O) groups excluding carboxylic acids is 1. The molecule has 0 aromatic heterocycles. The van der Waals surface area contributed by atoms with Crippen molar-refractivity contribution in [1.29, 1.82) is 0 Å². The molecule has 0 radical (unpaired) electrons. The average Bonchev–Trinajstić information content (AvgIpc) is 2.74. The van der Waals surface area contributed by atoms with E-state index in [1.165, 1.54) is 25.7 Å². The Morgan fingerprint density at radius 2 is 2.05 bits per heavy atom. The predicted molar refractivity (Wildman–Crippen MR) is 82.9 cm³/mol. The molecule has 1 aliphatic carbocycles. The fraction of sp³-hybridized carbons (Fsp3) is 0.938. The lowest BCUT2D eigenvalue weighted by Crippen LogP contribution is -2.39. The number of hydrogen-bond donors (Lipinski definition) is 2. The van der Waals surface area contributed by atoms with E-state index >= 15 is 0 Å². The van der Waals surface area contributed by atoms with Crippen LogP contribution in [0.15, 0.2) is 0 Å². The maximum Gasteiger partial charge on any atom is 0.407 e. The molecule has 0 heterocycles. The molecule has 0 saturated heterocycles. The molecule has 0 aromatic rings. The number of ether oxygens (including phenoxy) is 1. The zero-order chi connectivity index (χ0) is 15.2. The molecule has 3 unspecified atom stereocenters. The first kappa shape index (κ1) is 17.3. The number of carbonyl (C=O) groups is 1. The molecule has 1 aliphatic rings. The molecule has 1 saturated carbocycles. The minimum Gasteiger partial charge on any atom is -0.444 e. The zero-order valence-corrected chi connectivity index (χ0v) is 13.8. The summed E-state index contributed by atoms with van der Waals surface area (Å²) in [5, 5.41) is 6.49. The van der Waals surface area contributed by atoms with Gasteiger partial charge in [0, 0.05) is 12.1 Å². The largest absolute Gasteiger partial charge is 0.444 e. The van der Waals surface area contributed by atoms with Gasteiger partial charge in [0.15, 0.2) is 0 Å². The molecule has 1 rings (SSSR count). The molecular formula is C16H32N2O2. The first-order valence-electron chi connectivity index (χ1n) is 8.03. The zero-order valence-electron chi connectivity index (χ0n) is 13.8. The maximum atomic E-state index is 11.6. The summed E-state index contributed by atoms with van der Waals surface area (Å²) in [6, 6.07) is 0.814. The number of rotatable bonds is 6. The number of nitrogens with one attached hydrogen (secondary N) is 2. The molecule has 0 aliphatic heterocycles. The molecule has 2 N–H and O–H groups in total. The van der Waals surface area contributed by atoms with Gasteiger partial charge in [-0.2, -0.15) is 0 Å². The molecule has 4 nitrogen and oxygen atoms in total. The van der Waals surface area contributed by atoms with Gasteiger partial charge in [-0.15, -0.1) is 0 Å². The summed E-state index contributed by atoms with van der Waals surface area (Å²) < 4.78 is 5.25. The minimum absolute atomic E-state index is 0.140. The van der Waals surface area contributed by atoms with E-state index in [0.717, 1.165) is 18.9 Å². The second-order valence-electron chi connectivity index (χ2n) is 7.07. The van der Waals surface area contributed by atoms with Crippen LogP contribution in [0.4, 0.5) is 4.79 Å². The van der Waals surface area contributed by atoms with Crippen molar-refractivity contribution in [1.82, 2.24) is 10.6 Å². The Kier molecular flexibility index (Phi) is 6.80. The highest BCUT2D eigenvalue weighted by atomic mass is 16.6. The first-order valence-corrected chi connectivity index (χ1v) is 8.03. The van der Waals surface area contributed by atoms with E-state index in [4.69, 9.17) is 4.74 Å². The monoisotopic (exact) mass is 284 g/mol. The summed E-state index contributed by atoms with van der Waals surface area (Å²) in [7, 11) is 0. The highest BCUT2D eigenvalue weighted by Crippen LogP contribution is 2.27. The van der Waals surface area contributed by atoms with Crippen LogP contribution in [-0.4, -0.2) is 30.3 Å². The van der Waals surface area contributed by atoms with Gasteiger partial charge in [-0.25, -0.2) is 4.79 Å². The second-order valence-corrected chi connectivity index (χ2v) is 7.07. The molecule has 3 atom stereocenters. The molecule has 0 bridgehead atoms. The van der Waals surface area contributed by atoms with Gasteiger partial charge in [0.1, 0.15) is 5.60 Å². The van der Waals surface area contributed by atoms with Crippen LogP contribution in [0.5, 0.6) is 0 Å². The van der Waals surface area contributed by atoms with E-state index in [2.05, 4.69) is 17.6 Å². The van der Waals surface area contributed by atoms with Crippen molar-refractivity contribution in [3.8, 4) is 0 Å². The van der Waals surface area contributed by atoms with Gasteiger partial charge in [-0.1, -0.05) is 13.3 Å². The van der Waals surface area contributed by atoms with Crippen LogP contribution in [0.1, 0.15) is 66.7 Å². The van der Waals surface area contributed by atoms with Crippen molar-refractivity contribution in [2.24, 2.45) is 5.92 Å². The summed E-state index contributed by atoms with van der Waals surface area (Å²) in [6.45, 7) is 10.9. The molecule has 4 heteroatoms. The first-order chi connectivity index (χ1) is 9.30. The van der Waals surface area contributed by atoms with Crippen LogP contribution >= 0.6 is 0 Å². The SMILES string of the molecule is CCC1CCC(NCCC(C)NC(=O)OC(C)(C)C)C1. The molecule has 0 aromatic carbocycles. The summed E-state index contributed by atoms with van der Waals surface area (Å²) in [6.07, 6.45) is 5.88. The third kappa shape index (κ3) is 7.13. The van der Waals surface area contributed by atoms with Gasteiger partial charge in [-0.3, -0.25) is 0 Å². The predicted octanol–water partition coefficient (Wildman–Crippen LogP) is 3.46. The summed E-state index contributed by atoms with van der Waals surface area (Å²) in [4.78, 5) is 11.6. The van der Waals surface area contributed by atoms with Crippen molar-refractivity contribution in [2.75, 3.05) is 6.54 Å². The van der Waals surface area contributed by atoms with E-state index in [9.17, 15) is 4.79 Å². The fourth-order valence-corrected chi connectivity index (χ4v) is 2.72. The number of hydrogen-bond acceptors (Lipinski definition) is 3. The van der Waals surface area contributed by atoms with Crippen molar-refractivity contribution in [2.45, 2.75) is 84.4 Å². The van der Waals surface area contributed by atoms with E-state index < -0.39 is 5.60 Å². The summed E-state index contributed by atoms with van der Waals surface area (Å²) >= 11 is 0. The van der Waals surface area contributed by atoms with Crippen molar-refractivity contribution < 1.29 is 9.53 Å². The third-order valence-electron chi connectivity index (χ3n) is 3.89. The van der Waals surface area contributed by atoms with Gasteiger partial charge >= 0.3 is 6.09 Å². The quantitative estimate of drug-likeness (QED) is 0.785. The fourth-order valence-electron chi connectivity index (χ4n) is 2.72. The Labute approximate surface area is 124 Å². The van der Waals surface area contributed by atoms with E-state index in [-0.39, 0.29) is 12.1 Å². The van der Waals surface area contributed by atoms with Crippen LogP contribution in [0.2, 0.25) is 0 Å². The second kappa shape index (κ2) is 7.87. The Balaban J connectivity index is 2.11. The Bertz CT molecular complexity index is 299. The molecule has 20 heavy (non-hydrogen) atoms. The molecular weight excluding hydrogens is 252 g/mol. The topological polar surface area (TPSA) is 50.4 Å². The van der Waals surface area contributed by atoms with Crippen LogP contribution in [0.25, 0.3) is 0 Å². The minimum atomic E-state index is -0.429. The van der Waals surface area contributed by atoms with Gasteiger partial charge in [0.25, 0.3) is 0 Å². The summed E-state index contributed by atoms with van der Waals surface area (Å²) in [5.41, 5.74) is -0.429. The lowest BCUT2D eigenvalue weighted by atomic mass is 10.1. The van der Waals surface area contributed by atoms with E-state index in [0.29, 0.717) is 6.04 Å². The highest BCUT2D eigenvalue weighted by molar-refractivity contribution is 5.67. The van der Waals surface area contributed by atoms with Crippen LogP contribution in [0.3, 0.4) is 0 Å². The van der Waals surface area contributed by atoms with Gasteiger partial charge in [-0.05, 0) is 65.8 Å². The van der Waals surface area contributed by atoms with Crippen LogP contribution in [0, 0.1) is 5.92 Å². The highest BCUT2D eigenvalue weighted by Gasteiger charge is 2.23. The summed E-state index contributed by atoms with van der Waals surface area (Å²) in [5.74, 6) is 0.907. The maximum absolute atomic E-state index is 11.6. The lowest BCUT2D eigenvalue weighted by Gasteiger charge is -2.22. The van der Waals surface area contributed by atoms with Gasteiger partial charge in [0.05, 0.1) is 0 Å². The van der Waals surface area contributed by atoms with Crippen molar-refractivity contribution in [3.63, 3.8) is 0 Å².